The molecule has 5 rings (SSSR count). The lowest BCUT2D eigenvalue weighted by atomic mass is 10.2. The minimum atomic E-state index is 0.796. The molecule has 1 N–H and O–H groups in total. The fraction of sp³-hybridized carbons (Fsp3) is 0.182. The van der Waals surface area contributed by atoms with E-state index in [4.69, 9.17) is 14.7 Å². The molecule has 4 aromatic rings. The van der Waals surface area contributed by atoms with Crippen molar-refractivity contribution in [2.24, 2.45) is 0 Å². The zero-order chi connectivity index (χ0) is 19.5. The van der Waals surface area contributed by atoms with Crippen LogP contribution < -0.4 is 10.2 Å². The van der Waals surface area contributed by atoms with Gasteiger partial charge in [0, 0.05) is 40.8 Å². The van der Waals surface area contributed by atoms with Crippen molar-refractivity contribution in [1.82, 2.24) is 9.97 Å². The Kier molecular flexibility index (Phi) is 5.25. The van der Waals surface area contributed by atoms with Gasteiger partial charge in [0.2, 0.25) is 0 Å². The molecule has 0 bridgehead atoms. The SMILES string of the molecule is c1ccc(-c2csc(-c3csc(Nc4ccc(N5CCOCC5)cc4)n3)n2)cc1. The molecule has 5 nitrogen and oxygen atoms in total. The predicted octanol–water partition coefficient (Wildman–Crippen LogP) is 5.51. The molecule has 2 aromatic heterocycles. The fourth-order valence-electron chi connectivity index (χ4n) is 3.26. The quantitative estimate of drug-likeness (QED) is 0.461. The van der Waals surface area contributed by atoms with Crippen molar-refractivity contribution in [3.63, 3.8) is 0 Å². The molecule has 146 valence electrons. The van der Waals surface area contributed by atoms with Gasteiger partial charge in [-0.15, -0.1) is 22.7 Å². The van der Waals surface area contributed by atoms with Gasteiger partial charge >= 0.3 is 0 Å². The maximum Gasteiger partial charge on any atom is 0.187 e. The van der Waals surface area contributed by atoms with E-state index < -0.39 is 0 Å². The highest BCUT2D eigenvalue weighted by Gasteiger charge is 2.12. The third-order valence-corrected chi connectivity index (χ3v) is 6.41. The van der Waals surface area contributed by atoms with Crippen LogP contribution in [0.2, 0.25) is 0 Å². The Morgan fingerprint density at radius 2 is 1.59 bits per heavy atom. The third kappa shape index (κ3) is 4.17. The first-order valence-corrected chi connectivity index (χ1v) is 11.3. The molecule has 0 radical (unpaired) electrons. The van der Waals surface area contributed by atoms with Crippen molar-refractivity contribution < 1.29 is 4.74 Å². The van der Waals surface area contributed by atoms with Crippen LogP contribution in [0, 0.1) is 0 Å². The molecule has 1 aliphatic rings. The van der Waals surface area contributed by atoms with Gasteiger partial charge in [-0.1, -0.05) is 30.3 Å². The molecule has 2 aromatic carbocycles. The summed E-state index contributed by atoms with van der Waals surface area (Å²) < 4.78 is 5.42. The summed E-state index contributed by atoms with van der Waals surface area (Å²) in [5, 5.41) is 9.35. The van der Waals surface area contributed by atoms with Gasteiger partial charge in [0.05, 0.1) is 18.9 Å². The van der Waals surface area contributed by atoms with Crippen LogP contribution in [0.4, 0.5) is 16.5 Å². The van der Waals surface area contributed by atoms with Crippen LogP contribution in [0.15, 0.2) is 65.4 Å². The molecule has 7 heteroatoms. The number of hydrogen-bond acceptors (Lipinski definition) is 7. The van der Waals surface area contributed by atoms with Crippen LogP contribution in [0.1, 0.15) is 0 Å². The minimum absolute atomic E-state index is 0.796. The molecule has 0 spiro atoms. The third-order valence-electron chi connectivity index (χ3n) is 4.79. The van der Waals surface area contributed by atoms with Crippen LogP contribution in [0.25, 0.3) is 22.0 Å². The lowest BCUT2D eigenvalue weighted by molar-refractivity contribution is 0.122. The summed E-state index contributed by atoms with van der Waals surface area (Å²) in [5.74, 6) is 0. The van der Waals surface area contributed by atoms with Gasteiger partial charge in [0.1, 0.15) is 10.7 Å². The number of ether oxygens (including phenoxy) is 1. The smallest absolute Gasteiger partial charge is 0.187 e. The molecular formula is C22H20N4OS2. The molecule has 0 atom stereocenters. The van der Waals surface area contributed by atoms with E-state index in [1.54, 1.807) is 22.7 Å². The molecule has 1 fully saturated rings. The Morgan fingerprint density at radius 3 is 2.38 bits per heavy atom. The zero-order valence-electron chi connectivity index (χ0n) is 15.7. The number of nitrogens with one attached hydrogen (secondary N) is 1. The van der Waals surface area contributed by atoms with Gasteiger partial charge < -0.3 is 15.0 Å². The van der Waals surface area contributed by atoms with Crippen LogP contribution in [0.3, 0.4) is 0 Å². The van der Waals surface area contributed by atoms with E-state index in [2.05, 4.69) is 57.4 Å². The molecule has 0 saturated carbocycles. The van der Waals surface area contributed by atoms with Crippen LogP contribution >= 0.6 is 22.7 Å². The molecular weight excluding hydrogens is 400 g/mol. The van der Waals surface area contributed by atoms with Crippen LogP contribution in [-0.4, -0.2) is 36.3 Å². The minimum Gasteiger partial charge on any atom is -0.378 e. The highest BCUT2D eigenvalue weighted by molar-refractivity contribution is 7.15. The summed E-state index contributed by atoms with van der Waals surface area (Å²) in [6.45, 7) is 3.48. The summed E-state index contributed by atoms with van der Waals surface area (Å²) in [5.41, 5.74) is 5.30. The van der Waals surface area contributed by atoms with Crippen molar-refractivity contribution >= 4 is 39.2 Å². The lowest BCUT2D eigenvalue weighted by Crippen LogP contribution is -2.36. The number of nitrogens with zero attached hydrogens (tertiary/aromatic N) is 3. The van der Waals surface area contributed by atoms with Gasteiger partial charge in [-0.3, -0.25) is 0 Å². The number of benzene rings is 2. The van der Waals surface area contributed by atoms with E-state index in [-0.39, 0.29) is 0 Å². The van der Waals surface area contributed by atoms with Crippen molar-refractivity contribution in [2.75, 3.05) is 36.5 Å². The molecule has 1 saturated heterocycles. The van der Waals surface area contributed by atoms with E-state index in [1.165, 1.54) is 5.69 Å². The van der Waals surface area contributed by atoms with Gasteiger partial charge in [0.15, 0.2) is 5.13 Å². The number of rotatable bonds is 5. The van der Waals surface area contributed by atoms with E-state index in [0.717, 1.165) is 59.1 Å². The molecule has 0 amide bonds. The second-order valence-electron chi connectivity index (χ2n) is 6.71. The van der Waals surface area contributed by atoms with Crippen molar-refractivity contribution in [2.45, 2.75) is 0 Å². The topological polar surface area (TPSA) is 50.3 Å². The van der Waals surface area contributed by atoms with Crippen molar-refractivity contribution in [3.05, 3.63) is 65.4 Å². The van der Waals surface area contributed by atoms with Crippen LogP contribution in [-0.2, 0) is 4.74 Å². The maximum absolute atomic E-state index is 5.42. The number of hydrogen-bond donors (Lipinski definition) is 1. The summed E-state index contributed by atoms with van der Waals surface area (Å²) in [6, 6.07) is 18.7. The number of anilines is 3. The Hall–Kier alpha value is -2.74. The van der Waals surface area contributed by atoms with Gasteiger partial charge in [-0.25, -0.2) is 9.97 Å². The van der Waals surface area contributed by atoms with Gasteiger partial charge in [-0.05, 0) is 24.3 Å². The Balaban J connectivity index is 1.27. The monoisotopic (exact) mass is 420 g/mol. The number of thiazole rings is 2. The molecule has 29 heavy (non-hydrogen) atoms. The maximum atomic E-state index is 5.42. The normalized spacial score (nSPS) is 14.1. The first kappa shape index (κ1) is 18.3. The molecule has 0 unspecified atom stereocenters. The summed E-state index contributed by atoms with van der Waals surface area (Å²) in [4.78, 5) is 11.8. The standard InChI is InChI=1S/C22H20N4OS2/c1-2-4-16(5-3-1)19-14-28-21(24-19)20-15-29-22(25-20)23-17-6-8-18(9-7-17)26-10-12-27-13-11-26/h1-9,14-15H,10-13H2,(H,23,25). The highest BCUT2D eigenvalue weighted by atomic mass is 32.1. The molecule has 1 aliphatic heterocycles. The number of morpholine rings is 1. The second-order valence-corrected chi connectivity index (χ2v) is 8.43. The first-order valence-electron chi connectivity index (χ1n) is 9.52. The van der Waals surface area contributed by atoms with Gasteiger partial charge in [0.25, 0.3) is 0 Å². The Morgan fingerprint density at radius 1 is 0.828 bits per heavy atom. The summed E-state index contributed by atoms with van der Waals surface area (Å²) in [6.07, 6.45) is 0. The lowest BCUT2D eigenvalue weighted by Gasteiger charge is -2.28. The van der Waals surface area contributed by atoms with E-state index in [1.807, 2.05) is 18.2 Å². The van der Waals surface area contributed by atoms with Crippen molar-refractivity contribution in [1.29, 1.82) is 0 Å². The molecule has 3 heterocycles. The first-order chi connectivity index (χ1) is 14.3. The van der Waals surface area contributed by atoms with E-state index in [9.17, 15) is 0 Å². The van der Waals surface area contributed by atoms with E-state index in [0.29, 0.717) is 0 Å². The van der Waals surface area contributed by atoms with Crippen LogP contribution in [0.5, 0.6) is 0 Å². The Labute approximate surface area is 177 Å². The largest absolute Gasteiger partial charge is 0.378 e. The van der Waals surface area contributed by atoms with Crippen molar-refractivity contribution in [3.8, 4) is 22.0 Å². The highest BCUT2D eigenvalue weighted by Crippen LogP contribution is 2.32. The number of aromatic nitrogens is 2. The Bertz CT molecular complexity index is 1070. The second kappa shape index (κ2) is 8.32. The van der Waals surface area contributed by atoms with Gasteiger partial charge in [-0.2, -0.15) is 0 Å². The molecule has 0 aliphatic carbocycles. The summed E-state index contributed by atoms with van der Waals surface area (Å²) in [7, 11) is 0. The average Bonchev–Trinajstić information content (AvgIpc) is 3.45. The predicted molar refractivity (Wildman–Crippen MR) is 121 cm³/mol. The summed E-state index contributed by atoms with van der Waals surface area (Å²) >= 11 is 3.22. The fourth-order valence-corrected chi connectivity index (χ4v) is 4.84. The zero-order valence-corrected chi connectivity index (χ0v) is 17.4. The van der Waals surface area contributed by atoms with E-state index >= 15 is 0 Å². The average molecular weight is 421 g/mol.